The van der Waals surface area contributed by atoms with Crippen molar-refractivity contribution in [2.45, 2.75) is 56.5 Å². The molecule has 1 amide bonds. The van der Waals surface area contributed by atoms with Gasteiger partial charge in [0, 0.05) is 25.0 Å². The first-order valence-corrected chi connectivity index (χ1v) is 9.16. The highest BCUT2D eigenvalue weighted by Gasteiger charge is 2.36. The maximum atomic E-state index is 12.7. The minimum atomic E-state index is -3.67. The van der Waals surface area contributed by atoms with Gasteiger partial charge in [0.2, 0.25) is 15.0 Å². The molecule has 1 aliphatic heterocycles. The van der Waals surface area contributed by atoms with Crippen molar-refractivity contribution in [1.29, 1.82) is 0 Å². The van der Waals surface area contributed by atoms with Crippen LogP contribution < -0.4 is 0 Å². The molecule has 23 heavy (non-hydrogen) atoms. The molecule has 1 fully saturated rings. The van der Waals surface area contributed by atoms with Gasteiger partial charge in [0.15, 0.2) is 0 Å². The molecular weight excluding hydrogens is 318 g/mol. The van der Waals surface area contributed by atoms with Crippen LogP contribution in [0.15, 0.2) is 17.4 Å². The number of amides is 1. The van der Waals surface area contributed by atoms with Crippen LogP contribution in [-0.2, 0) is 14.6 Å². The molecule has 0 N–H and O–H groups in total. The van der Waals surface area contributed by atoms with Gasteiger partial charge in [0.1, 0.15) is 5.60 Å². The van der Waals surface area contributed by atoms with Gasteiger partial charge in [-0.1, -0.05) is 0 Å². The Labute approximate surface area is 137 Å². The van der Waals surface area contributed by atoms with Crippen molar-refractivity contribution in [3.05, 3.63) is 18.0 Å². The fraction of sp³-hybridized carbons (Fsp3) is 0.667. The summed E-state index contributed by atoms with van der Waals surface area (Å²) in [6.45, 7) is 7.66. The van der Waals surface area contributed by atoms with Gasteiger partial charge in [-0.15, -0.1) is 0 Å². The van der Waals surface area contributed by atoms with Crippen LogP contribution in [0.4, 0.5) is 4.79 Å². The van der Waals surface area contributed by atoms with Gasteiger partial charge in [-0.05, 0) is 46.6 Å². The third kappa shape index (κ3) is 4.40. The molecule has 0 aromatic carbocycles. The maximum absolute atomic E-state index is 12.7. The molecule has 8 heteroatoms. The Bertz CT molecular complexity index is 682. The van der Waals surface area contributed by atoms with E-state index in [1.165, 1.54) is 11.1 Å². The van der Waals surface area contributed by atoms with Crippen molar-refractivity contribution >= 4 is 15.9 Å². The van der Waals surface area contributed by atoms with E-state index in [1.54, 1.807) is 33.8 Å². The second-order valence-electron chi connectivity index (χ2n) is 6.72. The molecule has 1 aliphatic rings. The van der Waals surface area contributed by atoms with E-state index in [-0.39, 0.29) is 11.7 Å². The van der Waals surface area contributed by atoms with E-state index in [4.69, 9.17) is 4.74 Å². The Morgan fingerprint density at radius 3 is 2.70 bits per heavy atom. The first-order valence-electron chi connectivity index (χ1n) is 7.61. The molecule has 2 heterocycles. The summed E-state index contributed by atoms with van der Waals surface area (Å²) >= 11 is 0. The van der Waals surface area contributed by atoms with Gasteiger partial charge < -0.3 is 9.64 Å². The Kier molecular flexibility index (Phi) is 4.93. The predicted molar refractivity (Wildman–Crippen MR) is 84.8 cm³/mol. The summed E-state index contributed by atoms with van der Waals surface area (Å²) in [6, 6.07) is 1.65. The number of likely N-dealkylation sites (tertiary alicyclic amines) is 1. The van der Waals surface area contributed by atoms with Crippen LogP contribution >= 0.6 is 0 Å². The fourth-order valence-electron chi connectivity index (χ4n) is 2.40. The number of piperidine rings is 1. The minimum Gasteiger partial charge on any atom is -0.444 e. The lowest BCUT2D eigenvalue weighted by Gasteiger charge is -2.33. The fourth-order valence-corrected chi connectivity index (χ4v) is 4.03. The van der Waals surface area contributed by atoms with Gasteiger partial charge in [-0.25, -0.2) is 23.2 Å². The van der Waals surface area contributed by atoms with Crippen LogP contribution in [0.1, 0.15) is 39.3 Å². The molecule has 1 aromatic heterocycles. The number of ether oxygens (including phenoxy) is 1. The smallest absolute Gasteiger partial charge is 0.410 e. The molecule has 7 nitrogen and oxygen atoms in total. The van der Waals surface area contributed by atoms with Crippen molar-refractivity contribution < 1.29 is 17.9 Å². The number of rotatable bonds is 2. The Balaban J connectivity index is 2.16. The lowest BCUT2D eigenvalue weighted by molar-refractivity contribution is 0.0219. The molecule has 128 valence electrons. The van der Waals surface area contributed by atoms with E-state index < -0.39 is 26.8 Å². The average molecular weight is 341 g/mol. The van der Waals surface area contributed by atoms with Crippen LogP contribution in [0.5, 0.6) is 0 Å². The SMILES string of the molecule is Cc1ccnc(S(=O)(=O)C2CCCN(C(=O)OC(C)(C)C)C2)n1. The first-order chi connectivity index (χ1) is 10.6. The molecule has 0 radical (unpaired) electrons. The van der Waals surface area contributed by atoms with Crippen molar-refractivity contribution in [3.63, 3.8) is 0 Å². The third-order valence-corrected chi connectivity index (χ3v) is 5.46. The highest BCUT2D eigenvalue weighted by atomic mass is 32.2. The zero-order valence-electron chi connectivity index (χ0n) is 13.9. The number of aryl methyl sites for hydroxylation is 1. The minimum absolute atomic E-state index is 0.106. The van der Waals surface area contributed by atoms with Crippen LogP contribution in [0.25, 0.3) is 0 Å². The summed E-state index contributed by atoms with van der Waals surface area (Å²) in [5, 5.41) is -0.876. The molecule has 1 aromatic rings. The average Bonchev–Trinajstić information content (AvgIpc) is 2.45. The largest absolute Gasteiger partial charge is 0.444 e. The maximum Gasteiger partial charge on any atom is 0.410 e. The summed E-state index contributed by atoms with van der Waals surface area (Å²) in [6.07, 6.45) is 2.04. The van der Waals surface area contributed by atoms with Crippen LogP contribution in [-0.4, -0.2) is 53.3 Å². The highest BCUT2D eigenvalue weighted by molar-refractivity contribution is 7.91. The summed E-state index contributed by atoms with van der Waals surface area (Å²) in [7, 11) is -3.67. The molecule has 1 saturated heterocycles. The van der Waals surface area contributed by atoms with Gasteiger partial charge >= 0.3 is 6.09 Å². The topological polar surface area (TPSA) is 89.5 Å². The summed E-state index contributed by atoms with van der Waals surface area (Å²) in [5.41, 5.74) is -0.0129. The number of hydrogen-bond donors (Lipinski definition) is 0. The normalized spacial score (nSPS) is 19.5. The lowest BCUT2D eigenvalue weighted by atomic mass is 10.1. The summed E-state index contributed by atoms with van der Waals surface area (Å²) < 4.78 is 30.7. The molecule has 1 atom stereocenters. The number of aromatic nitrogens is 2. The molecule has 2 rings (SSSR count). The van der Waals surface area contributed by atoms with Gasteiger partial charge in [0.05, 0.1) is 5.25 Å². The van der Waals surface area contributed by atoms with Gasteiger partial charge in [-0.3, -0.25) is 0 Å². The van der Waals surface area contributed by atoms with E-state index in [1.807, 2.05) is 0 Å². The summed E-state index contributed by atoms with van der Waals surface area (Å²) in [4.78, 5) is 21.5. The monoisotopic (exact) mass is 341 g/mol. The number of carbonyl (C=O) groups is 1. The Morgan fingerprint density at radius 2 is 2.09 bits per heavy atom. The number of sulfone groups is 1. The van der Waals surface area contributed by atoms with Gasteiger partial charge in [-0.2, -0.15) is 0 Å². The lowest BCUT2D eigenvalue weighted by Crippen LogP contribution is -2.47. The molecule has 0 saturated carbocycles. The number of nitrogens with zero attached hydrogens (tertiary/aromatic N) is 3. The predicted octanol–water partition coefficient (Wildman–Crippen LogP) is 1.96. The Morgan fingerprint density at radius 1 is 1.39 bits per heavy atom. The van der Waals surface area contributed by atoms with Crippen molar-refractivity contribution in [2.75, 3.05) is 13.1 Å². The zero-order chi connectivity index (χ0) is 17.3. The molecule has 1 unspecified atom stereocenters. The third-order valence-electron chi connectivity index (χ3n) is 3.50. The van der Waals surface area contributed by atoms with Crippen molar-refractivity contribution in [2.24, 2.45) is 0 Å². The van der Waals surface area contributed by atoms with E-state index in [2.05, 4.69) is 9.97 Å². The number of hydrogen-bond acceptors (Lipinski definition) is 6. The highest BCUT2D eigenvalue weighted by Crippen LogP contribution is 2.23. The van der Waals surface area contributed by atoms with E-state index >= 15 is 0 Å². The second-order valence-corrected chi connectivity index (χ2v) is 8.84. The number of carbonyl (C=O) groups excluding carboxylic acids is 1. The molecule has 0 aliphatic carbocycles. The van der Waals surface area contributed by atoms with E-state index in [0.29, 0.717) is 25.1 Å². The van der Waals surface area contributed by atoms with Crippen LogP contribution in [0, 0.1) is 6.92 Å². The van der Waals surface area contributed by atoms with Gasteiger partial charge in [0.25, 0.3) is 0 Å². The van der Waals surface area contributed by atoms with Crippen molar-refractivity contribution in [3.8, 4) is 0 Å². The van der Waals surface area contributed by atoms with Crippen LogP contribution in [0.3, 0.4) is 0 Å². The summed E-state index contributed by atoms with van der Waals surface area (Å²) in [5.74, 6) is 0. The molecular formula is C15H23N3O4S. The molecule has 0 bridgehead atoms. The first kappa shape index (κ1) is 17.7. The Hall–Kier alpha value is -1.70. The zero-order valence-corrected chi connectivity index (χ0v) is 14.8. The van der Waals surface area contributed by atoms with E-state index in [9.17, 15) is 13.2 Å². The quantitative estimate of drug-likeness (QED) is 0.764. The standard InChI is InChI=1S/C15H23N3O4S/c1-11-7-8-16-13(17-11)23(20,21)12-6-5-9-18(10-12)14(19)22-15(2,3)4/h7-8,12H,5-6,9-10H2,1-4H3. The van der Waals surface area contributed by atoms with Crippen LogP contribution in [0.2, 0.25) is 0 Å². The molecule has 0 spiro atoms. The van der Waals surface area contributed by atoms with E-state index in [0.717, 1.165) is 0 Å². The van der Waals surface area contributed by atoms with Crippen molar-refractivity contribution in [1.82, 2.24) is 14.9 Å². The second kappa shape index (κ2) is 6.43.